The smallest absolute Gasteiger partial charge is 0.337 e. The maximum atomic E-state index is 13.4. The van der Waals surface area contributed by atoms with E-state index >= 15 is 0 Å². The molecule has 4 rings (SSSR count). The summed E-state index contributed by atoms with van der Waals surface area (Å²) < 4.78 is 5.79. The Balaban J connectivity index is 1.92. The number of amides is 1. The van der Waals surface area contributed by atoms with Gasteiger partial charge in [0.15, 0.2) is 0 Å². The first-order valence-corrected chi connectivity index (χ1v) is 10.6. The zero-order chi connectivity index (χ0) is 22.3. The molecular formula is C24H25NO6. The van der Waals surface area contributed by atoms with E-state index in [0.717, 1.165) is 32.1 Å². The molecule has 3 aromatic rings. The van der Waals surface area contributed by atoms with Crippen LogP contribution in [-0.4, -0.2) is 34.1 Å². The summed E-state index contributed by atoms with van der Waals surface area (Å²) in [7, 11) is 0. The Labute approximate surface area is 179 Å². The number of furan rings is 1. The van der Waals surface area contributed by atoms with E-state index in [0.29, 0.717) is 27.6 Å². The fraction of sp³-hybridized carbons (Fsp3) is 0.375. The molecule has 7 nitrogen and oxygen atoms in total. The first-order chi connectivity index (χ1) is 14.8. The van der Waals surface area contributed by atoms with E-state index in [1.54, 1.807) is 17.0 Å². The molecule has 0 spiro atoms. The molecule has 31 heavy (non-hydrogen) atoms. The summed E-state index contributed by atoms with van der Waals surface area (Å²) in [6.45, 7) is 3.74. The maximum absolute atomic E-state index is 13.4. The molecule has 0 saturated heterocycles. The van der Waals surface area contributed by atoms with E-state index in [1.165, 1.54) is 18.2 Å². The number of nitrogens with zero attached hydrogens (tertiary/aromatic N) is 1. The summed E-state index contributed by atoms with van der Waals surface area (Å²) in [6.07, 6.45) is 4.73. The number of carboxylic acids is 2. The van der Waals surface area contributed by atoms with Crippen LogP contribution in [0.3, 0.4) is 0 Å². The van der Waals surface area contributed by atoms with Crippen molar-refractivity contribution in [3.63, 3.8) is 0 Å². The first-order valence-electron chi connectivity index (χ1n) is 10.6. The summed E-state index contributed by atoms with van der Waals surface area (Å²) in [5.74, 6) is -2.38. The normalized spacial score (nSPS) is 14.9. The second kappa shape index (κ2) is 8.06. The van der Waals surface area contributed by atoms with Gasteiger partial charge in [0.1, 0.15) is 11.2 Å². The molecule has 2 aromatic carbocycles. The van der Waals surface area contributed by atoms with Gasteiger partial charge in [0.05, 0.1) is 16.8 Å². The van der Waals surface area contributed by atoms with Crippen LogP contribution in [0.15, 0.2) is 34.7 Å². The van der Waals surface area contributed by atoms with Crippen LogP contribution >= 0.6 is 0 Å². The van der Waals surface area contributed by atoms with Gasteiger partial charge in [0.25, 0.3) is 0 Å². The number of aromatic carboxylic acids is 2. The van der Waals surface area contributed by atoms with Crippen LogP contribution in [0.2, 0.25) is 0 Å². The van der Waals surface area contributed by atoms with Crippen LogP contribution in [0, 0.1) is 5.92 Å². The van der Waals surface area contributed by atoms with Crippen LogP contribution in [-0.2, 0) is 4.79 Å². The van der Waals surface area contributed by atoms with Gasteiger partial charge in [-0.1, -0.05) is 19.3 Å². The van der Waals surface area contributed by atoms with Gasteiger partial charge >= 0.3 is 11.9 Å². The van der Waals surface area contributed by atoms with Crippen LogP contribution in [0.25, 0.3) is 21.9 Å². The Hall–Kier alpha value is -3.35. The lowest BCUT2D eigenvalue weighted by Crippen LogP contribution is -2.42. The molecule has 0 aliphatic heterocycles. The Morgan fingerprint density at radius 2 is 1.61 bits per heavy atom. The van der Waals surface area contributed by atoms with Crippen molar-refractivity contribution in [3.05, 3.63) is 41.5 Å². The summed E-state index contributed by atoms with van der Waals surface area (Å²) in [6, 6.07) is 7.35. The highest BCUT2D eigenvalue weighted by Crippen LogP contribution is 2.37. The standard InChI is InChI=1S/C24H25NO6/c1-13(2)25(22(26)14-6-4-3-5-7-14)19-11-17-16-10-15(23(27)28)8-9-20(16)31-21(17)12-18(19)24(29)30/h8-14H,3-7H2,1-2H3,(H,27,28)(H,29,30). The van der Waals surface area contributed by atoms with Gasteiger partial charge in [-0.05, 0) is 57.0 Å². The molecule has 0 unspecified atom stereocenters. The third-order valence-electron chi connectivity index (χ3n) is 6.03. The largest absolute Gasteiger partial charge is 0.478 e. The number of carbonyl (C=O) groups is 3. The molecule has 1 aromatic heterocycles. The molecule has 0 radical (unpaired) electrons. The second-order valence-electron chi connectivity index (χ2n) is 8.43. The van der Waals surface area contributed by atoms with Crippen LogP contribution in [0.4, 0.5) is 5.69 Å². The van der Waals surface area contributed by atoms with Gasteiger partial charge in [0.2, 0.25) is 5.91 Å². The summed E-state index contributed by atoms with van der Waals surface area (Å²) in [4.78, 5) is 38.5. The number of fused-ring (bicyclic) bond motifs is 3. The van der Waals surface area contributed by atoms with Gasteiger partial charge in [-0.2, -0.15) is 0 Å². The van der Waals surface area contributed by atoms with Crippen molar-refractivity contribution in [1.82, 2.24) is 0 Å². The monoisotopic (exact) mass is 423 g/mol. The van der Waals surface area contributed by atoms with E-state index in [1.807, 2.05) is 13.8 Å². The van der Waals surface area contributed by atoms with Gasteiger partial charge in [-0.3, -0.25) is 4.79 Å². The summed E-state index contributed by atoms with van der Waals surface area (Å²) >= 11 is 0. The van der Waals surface area contributed by atoms with Gasteiger partial charge in [-0.25, -0.2) is 9.59 Å². The number of hydrogen-bond acceptors (Lipinski definition) is 4. The number of benzene rings is 2. The highest BCUT2D eigenvalue weighted by molar-refractivity contribution is 6.13. The number of anilines is 1. The maximum Gasteiger partial charge on any atom is 0.337 e. The minimum Gasteiger partial charge on any atom is -0.478 e. The van der Waals surface area contributed by atoms with Gasteiger partial charge in [0, 0.05) is 22.7 Å². The predicted octanol–water partition coefficient (Wildman–Crippen LogP) is 5.30. The minimum absolute atomic E-state index is 0.0112. The van der Waals surface area contributed by atoms with Crippen molar-refractivity contribution in [3.8, 4) is 0 Å². The molecule has 1 aliphatic carbocycles. The number of carboxylic acid groups (broad SMARTS) is 2. The van der Waals surface area contributed by atoms with Crippen molar-refractivity contribution in [2.45, 2.75) is 52.0 Å². The Morgan fingerprint density at radius 3 is 2.23 bits per heavy atom. The zero-order valence-electron chi connectivity index (χ0n) is 17.6. The van der Waals surface area contributed by atoms with Crippen LogP contribution in [0.1, 0.15) is 66.7 Å². The Kier molecular flexibility index (Phi) is 5.43. The van der Waals surface area contributed by atoms with Gasteiger partial charge in [-0.15, -0.1) is 0 Å². The second-order valence-corrected chi connectivity index (χ2v) is 8.43. The lowest BCUT2D eigenvalue weighted by atomic mass is 9.87. The van der Waals surface area contributed by atoms with E-state index in [9.17, 15) is 24.6 Å². The molecule has 0 bridgehead atoms. The lowest BCUT2D eigenvalue weighted by molar-refractivity contribution is -0.123. The molecule has 1 saturated carbocycles. The Bertz CT molecular complexity index is 1190. The molecule has 7 heteroatoms. The highest BCUT2D eigenvalue weighted by Gasteiger charge is 2.31. The molecule has 1 fully saturated rings. The molecule has 2 N–H and O–H groups in total. The molecule has 1 heterocycles. The molecule has 162 valence electrons. The van der Waals surface area contributed by atoms with E-state index in [-0.39, 0.29) is 29.0 Å². The fourth-order valence-electron chi connectivity index (χ4n) is 4.51. The SMILES string of the molecule is CC(C)N(C(=O)C1CCCCC1)c1cc2c(cc1C(=O)O)oc1ccc(C(=O)O)cc12. The first kappa shape index (κ1) is 20.9. The fourth-order valence-corrected chi connectivity index (χ4v) is 4.51. The van der Waals surface area contributed by atoms with Crippen molar-refractivity contribution >= 4 is 45.5 Å². The van der Waals surface area contributed by atoms with Crippen molar-refractivity contribution < 1.29 is 29.0 Å². The third kappa shape index (κ3) is 3.76. The topological polar surface area (TPSA) is 108 Å². The third-order valence-corrected chi connectivity index (χ3v) is 6.03. The highest BCUT2D eigenvalue weighted by atomic mass is 16.4. The predicted molar refractivity (Wildman–Crippen MR) is 117 cm³/mol. The van der Waals surface area contributed by atoms with Gasteiger partial charge < -0.3 is 19.5 Å². The number of carbonyl (C=O) groups excluding carboxylic acids is 1. The number of hydrogen-bond donors (Lipinski definition) is 2. The van der Waals surface area contributed by atoms with Crippen molar-refractivity contribution in [2.24, 2.45) is 5.92 Å². The van der Waals surface area contributed by atoms with Crippen LogP contribution in [0.5, 0.6) is 0 Å². The van der Waals surface area contributed by atoms with E-state index in [4.69, 9.17) is 4.42 Å². The van der Waals surface area contributed by atoms with E-state index < -0.39 is 11.9 Å². The Morgan fingerprint density at radius 1 is 0.935 bits per heavy atom. The minimum atomic E-state index is -1.15. The van der Waals surface area contributed by atoms with Crippen LogP contribution < -0.4 is 4.90 Å². The average molecular weight is 423 g/mol. The molecule has 0 atom stereocenters. The van der Waals surface area contributed by atoms with E-state index in [2.05, 4.69) is 0 Å². The number of rotatable bonds is 5. The summed E-state index contributed by atoms with van der Waals surface area (Å²) in [5.41, 5.74) is 1.21. The average Bonchev–Trinajstić information content (AvgIpc) is 3.10. The quantitative estimate of drug-likeness (QED) is 0.576. The van der Waals surface area contributed by atoms with Crippen molar-refractivity contribution in [2.75, 3.05) is 4.90 Å². The molecule has 1 amide bonds. The summed E-state index contributed by atoms with van der Waals surface area (Å²) in [5, 5.41) is 20.4. The molecular weight excluding hydrogens is 398 g/mol. The zero-order valence-corrected chi connectivity index (χ0v) is 17.6. The van der Waals surface area contributed by atoms with Crippen molar-refractivity contribution in [1.29, 1.82) is 0 Å². The molecule has 1 aliphatic rings. The lowest BCUT2D eigenvalue weighted by Gasteiger charge is -2.33.